The van der Waals surface area contributed by atoms with E-state index in [-0.39, 0.29) is 36.5 Å². The van der Waals surface area contributed by atoms with E-state index in [2.05, 4.69) is 10.6 Å². The summed E-state index contributed by atoms with van der Waals surface area (Å²) in [5.41, 5.74) is 0. The molecule has 5 nitrogen and oxygen atoms in total. The molecular formula is C12H23ClN2O3. The van der Waals surface area contributed by atoms with Crippen LogP contribution in [0.5, 0.6) is 0 Å². The molecule has 1 saturated carbocycles. The number of amides is 1. The van der Waals surface area contributed by atoms with Gasteiger partial charge in [0.25, 0.3) is 0 Å². The van der Waals surface area contributed by atoms with Crippen molar-refractivity contribution in [3.63, 3.8) is 0 Å². The molecule has 0 aromatic carbocycles. The maximum absolute atomic E-state index is 12.1. The first-order valence-corrected chi connectivity index (χ1v) is 6.36. The summed E-state index contributed by atoms with van der Waals surface area (Å²) >= 11 is 0. The molecule has 6 heteroatoms. The van der Waals surface area contributed by atoms with Crippen molar-refractivity contribution in [1.29, 1.82) is 0 Å². The second-order valence-corrected chi connectivity index (χ2v) is 4.92. The number of methoxy groups -OCH3 is 1. The molecule has 1 aliphatic carbocycles. The normalized spacial score (nSPS) is 29.2. The lowest BCUT2D eigenvalue weighted by Gasteiger charge is -2.30. The number of morpholine rings is 1. The van der Waals surface area contributed by atoms with Crippen LogP contribution in [0.25, 0.3) is 0 Å². The third-order valence-corrected chi connectivity index (χ3v) is 3.46. The van der Waals surface area contributed by atoms with E-state index in [4.69, 9.17) is 9.47 Å². The first kappa shape index (κ1) is 15.7. The zero-order chi connectivity index (χ0) is 12.3. The third kappa shape index (κ3) is 4.09. The van der Waals surface area contributed by atoms with Gasteiger partial charge in [0.05, 0.1) is 25.4 Å². The molecule has 2 aliphatic rings. The van der Waals surface area contributed by atoms with Crippen LogP contribution < -0.4 is 10.6 Å². The summed E-state index contributed by atoms with van der Waals surface area (Å²) in [6.45, 7) is 3.94. The highest BCUT2D eigenvalue weighted by Crippen LogP contribution is 2.32. The van der Waals surface area contributed by atoms with Gasteiger partial charge < -0.3 is 20.1 Å². The summed E-state index contributed by atoms with van der Waals surface area (Å²) < 4.78 is 10.6. The van der Waals surface area contributed by atoms with Gasteiger partial charge in [0.1, 0.15) is 6.04 Å². The fourth-order valence-electron chi connectivity index (χ4n) is 2.27. The number of carbonyl (C=O) groups excluding carboxylic acids is 1. The molecule has 1 amide bonds. The molecule has 0 bridgehead atoms. The number of hydrogen-bond donors (Lipinski definition) is 2. The largest absolute Gasteiger partial charge is 0.383 e. The van der Waals surface area contributed by atoms with Crippen LogP contribution in [0, 0.1) is 5.92 Å². The van der Waals surface area contributed by atoms with E-state index in [1.54, 1.807) is 7.11 Å². The molecule has 2 N–H and O–H groups in total. The van der Waals surface area contributed by atoms with Gasteiger partial charge in [-0.15, -0.1) is 12.4 Å². The summed E-state index contributed by atoms with van der Waals surface area (Å²) in [5.74, 6) is 0.630. The zero-order valence-corrected chi connectivity index (χ0v) is 11.8. The lowest BCUT2D eigenvalue weighted by molar-refractivity contribution is -0.130. The minimum Gasteiger partial charge on any atom is -0.383 e. The Bertz CT molecular complexity index is 274. The molecule has 1 unspecified atom stereocenters. The van der Waals surface area contributed by atoms with E-state index in [1.807, 2.05) is 6.92 Å². The monoisotopic (exact) mass is 278 g/mol. The number of rotatable bonds is 5. The fraction of sp³-hybridized carbons (Fsp3) is 0.917. The van der Waals surface area contributed by atoms with Crippen molar-refractivity contribution in [3.8, 4) is 0 Å². The highest BCUT2D eigenvalue weighted by atomic mass is 35.5. The Morgan fingerprint density at radius 2 is 2.28 bits per heavy atom. The van der Waals surface area contributed by atoms with Gasteiger partial charge in [-0.05, 0) is 25.7 Å². The molecule has 18 heavy (non-hydrogen) atoms. The minimum atomic E-state index is -0.234. The molecule has 2 fully saturated rings. The van der Waals surface area contributed by atoms with Crippen molar-refractivity contribution in [3.05, 3.63) is 0 Å². The van der Waals surface area contributed by atoms with Crippen molar-refractivity contribution in [2.75, 3.05) is 26.9 Å². The Balaban J connectivity index is 0.00000162. The van der Waals surface area contributed by atoms with Gasteiger partial charge in [-0.1, -0.05) is 0 Å². The standard InChI is InChI=1S/C12H22N2O3.ClH/c1-8-11(13-5-6-17-8)12(15)14-10(7-16-2)9-3-4-9;/h8-11,13H,3-7H2,1-2H3,(H,14,15);1H/t8-,10?,11+;/m1./s1. The van der Waals surface area contributed by atoms with Gasteiger partial charge in [0.15, 0.2) is 0 Å². The number of halogens is 1. The number of hydrogen-bond acceptors (Lipinski definition) is 4. The highest BCUT2D eigenvalue weighted by Gasteiger charge is 2.35. The van der Waals surface area contributed by atoms with Gasteiger partial charge in [0.2, 0.25) is 5.91 Å². The Morgan fingerprint density at radius 1 is 1.56 bits per heavy atom. The highest BCUT2D eigenvalue weighted by molar-refractivity contribution is 5.85. The van der Waals surface area contributed by atoms with Crippen LogP contribution in [0.15, 0.2) is 0 Å². The quantitative estimate of drug-likeness (QED) is 0.761. The molecule has 2 rings (SSSR count). The Labute approximate surface area is 114 Å². The average molecular weight is 279 g/mol. The SMILES string of the molecule is COCC(NC(=O)[C@H]1NCCO[C@@H]1C)C1CC1.Cl. The summed E-state index contributed by atoms with van der Waals surface area (Å²) in [5, 5.41) is 6.27. The second kappa shape index (κ2) is 7.28. The van der Waals surface area contributed by atoms with Gasteiger partial charge in [-0.2, -0.15) is 0 Å². The molecule has 0 radical (unpaired) electrons. The van der Waals surface area contributed by atoms with Gasteiger partial charge in [0, 0.05) is 13.7 Å². The lowest BCUT2D eigenvalue weighted by atomic mass is 10.1. The van der Waals surface area contributed by atoms with Crippen molar-refractivity contribution in [2.45, 2.75) is 38.0 Å². The average Bonchev–Trinajstić information content (AvgIpc) is 3.12. The van der Waals surface area contributed by atoms with Crippen LogP contribution in [0.4, 0.5) is 0 Å². The smallest absolute Gasteiger partial charge is 0.240 e. The molecule has 0 spiro atoms. The molecular weight excluding hydrogens is 256 g/mol. The fourth-order valence-corrected chi connectivity index (χ4v) is 2.27. The first-order chi connectivity index (χ1) is 8.22. The summed E-state index contributed by atoms with van der Waals surface area (Å²) in [6.07, 6.45) is 2.32. The van der Waals surface area contributed by atoms with E-state index in [0.29, 0.717) is 19.1 Å². The molecule has 0 aromatic rings. The van der Waals surface area contributed by atoms with Crippen LogP contribution in [0.1, 0.15) is 19.8 Å². The van der Waals surface area contributed by atoms with Crippen LogP contribution >= 0.6 is 12.4 Å². The predicted molar refractivity (Wildman–Crippen MR) is 71.0 cm³/mol. The molecule has 0 aromatic heterocycles. The zero-order valence-electron chi connectivity index (χ0n) is 11.0. The van der Waals surface area contributed by atoms with E-state index in [9.17, 15) is 4.79 Å². The molecule has 3 atom stereocenters. The van der Waals surface area contributed by atoms with Gasteiger partial charge in [-0.25, -0.2) is 0 Å². The number of nitrogens with one attached hydrogen (secondary N) is 2. The Kier molecular flexibility index (Phi) is 6.35. The predicted octanol–water partition coefficient (Wildman–Crippen LogP) is 0.326. The van der Waals surface area contributed by atoms with E-state index in [0.717, 1.165) is 6.54 Å². The number of carbonyl (C=O) groups is 1. The molecule has 106 valence electrons. The molecule has 1 saturated heterocycles. The van der Waals surface area contributed by atoms with Gasteiger partial charge in [-0.3, -0.25) is 4.79 Å². The topological polar surface area (TPSA) is 59.6 Å². The lowest BCUT2D eigenvalue weighted by Crippen LogP contribution is -2.57. The molecule has 1 heterocycles. The second-order valence-electron chi connectivity index (χ2n) is 4.92. The summed E-state index contributed by atoms with van der Waals surface area (Å²) in [6, 6.07) is -0.0784. The summed E-state index contributed by atoms with van der Waals surface area (Å²) in [7, 11) is 1.67. The van der Waals surface area contributed by atoms with E-state index in [1.165, 1.54) is 12.8 Å². The van der Waals surface area contributed by atoms with Crippen LogP contribution in [-0.4, -0.2) is 51.0 Å². The number of ether oxygens (including phenoxy) is 2. The van der Waals surface area contributed by atoms with E-state index < -0.39 is 0 Å². The third-order valence-electron chi connectivity index (χ3n) is 3.46. The van der Waals surface area contributed by atoms with Crippen molar-refractivity contribution in [1.82, 2.24) is 10.6 Å². The first-order valence-electron chi connectivity index (χ1n) is 6.36. The minimum absolute atomic E-state index is 0. The van der Waals surface area contributed by atoms with Crippen LogP contribution in [-0.2, 0) is 14.3 Å². The van der Waals surface area contributed by atoms with Crippen molar-refractivity contribution in [2.24, 2.45) is 5.92 Å². The van der Waals surface area contributed by atoms with Crippen molar-refractivity contribution >= 4 is 18.3 Å². The Morgan fingerprint density at radius 3 is 2.83 bits per heavy atom. The van der Waals surface area contributed by atoms with Crippen molar-refractivity contribution < 1.29 is 14.3 Å². The van der Waals surface area contributed by atoms with Crippen LogP contribution in [0.3, 0.4) is 0 Å². The molecule has 1 aliphatic heterocycles. The summed E-state index contributed by atoms with van der Waals surface area (Å²) in [4.78, 5) is 12.1. The maximum Gasteiger partial charge on any atom is 0.240 e. The van der Waals surface area contributed by atoms with Crippen LogP contribution in [0.2, 0.25) is 0 Å². The van der Waals surface area contributed by atoms with Gasteiger partial charge >= 0.3 is 0 Å². The maximum atomic E-state index is 12.1. The van der Waals surface area contributed by atoms with E-state index >= 15 is 0 Å². The Hall–Kier alpha value is -0.360.